The number of hydrogen-bond donors (Lipinski definition) is 2. The molecule has 1 aromatic heterocycles. The Morgan fingerprint density at radius 3 is 2.61 bits per heavy atom. The molecular weight excluding hydrogens is 418 g/mol. The Balaban J connectivity index is 1.60. The normalized spacial score (nSPS) is 10.4. The highest BCUT2D eigenvalue weighted by Gasteiger charge is 2.14. The third kappa shape index (κ3) is 6.71. The van der Waals surface area contributed by atoms with Crippen molar-refractivity contribution in [3.8, 4) is 5.75 Å². The quantitative estimate of drug-likeness (QED) is 0.299. The van der Waals surface area contributed by atoms with Crippen LogP contribution in [0.25, 0.3) is 0 Å². The number of carbonyl (C=O) groups is 2. The van der Waals surface area contributed by atoms with E-state index in [0.717, 1.165) is 11.8 Å². The van der Waals surface area contributed by atoms with Gasteiger partial charge in [0.2, 0.25) is 5.91 Å². The maximum Gasteiger partial charge on any atom is 0.340 e. The average Bonchev–Trinajstić information content (AvgIpc) is 2.77. The molecule has 9 heteroatoms. The Hall–Kier alpha value is -3.59. The average molecular weight is 439 g/mol. The van der Waals surface area contributed by atoms with Gasteiger partial charge in [-0.3, -0.25) is 9.59 Å². The zero-order chi connectivity index (χ0) is 22.1. The number of benzene rings is 2. The van der Waals surface area contributed by atoms with Crippen LogP contribution in [-0.2, 0) is 16.1 Å². The fourth-order valence-electron chi connectivity index (χ4n) is 2.60. The van der Waals surface area contributed by atoms with Crippen molar-refractivity contribution >= 4 is 29.3 Å². The number of carbonyl (C=O) groups excluding carboxylic acids is 2. The number of amides is 1. The Labute approximate surface area is 183 Å². The molecular formula is C22H21N3O5S. The minimum absolute atomic E-state index is 0.0108. The number of ether oxygens (including phenoxy) is 2. The summed E-state index contributed by atoms with van der Waals surface area (Å²) in [6.45, 7) is 2.07. The minimum Gasteiger partial charge on any atom is -0.487 e. The second kappa shape index (κ2) is 11.0. The van der Waals surface area contributed by atoms with E-state index in [-0.39, 0.29) is 36.0 Å². The topological polar surface area (TPSA) is 110 Å². The summed E-state index contributed by atoms with van der Waals surface area (Å²) in [5.41, 5.74) is 0.743. The van der Waals surface area contributed by atoms with Crippen LogP contribution in [0.15, 0.2) is 70.6 Å². The van der Waals surface area contributed by atoms with E-state index in [4.69, 9.17) is 9.47 Å². The lowest BCUT2D eigenvalue weighted by Gasteiger charge is -2.10. The summed E-state index contributed by atoms with van der Waals surface area (Å²) < 4.78 is 10.6. The molecule has 8 nitrogen and oxygen atoms in total. The minimum atomic E-state index is -0.511. The van der Waals surface area contributed by atoms with Crippen LogP contribution in [0.5, 0.6) is 5.75 Å². The maximum absolute atomic E-state index is 12.4. The van der Waals surface area contributed by atoms with E-state index in [1.807, 2.05) is 18.2 Å². The lowest BCUT2D eigenvalue weighted by molar-refractivity contribution is -0.113. The first-order valence-corrected chi connectivity index (χ1v) is 10.5. The summed E-state index contributed by atoms with van der Waals surface area (Å²) in [7, 11) is 0. The number of para-hydroxylation sites is 2. The molecule has 2 aromatic carbocycles. The van der Waals surface area contributed by atoms with Gasteiger partial charge in [0.15, 0.2) is 5.16 Å². The van der Waals surface area contributed by atoms with Gasteiger partial charge in [-0.2, -0.15) is 0 Å². The van der Waals surface area contributed by atoms with E-state index in [1.165, 1.54) is 6.07 Å². The molecule has 0 aliphatic carbocycles. The number of nitrogens with one attached hydrogen (secondary N) is 2. The fourth-order valence-corrected chi connectivity index (χ4v) is 3.29. The van der Waals surface area contributed by atoms with E-state index in [0.29, 0.717) is 22.3 Å². The Morgan fingerprint density at radius 2 is 1.84 bits per heavy atom. The Bertz CT molecular complexity index is 1100. The van der Waals surface area contributed by atoms with Gasteiger partial charge in [-0.1, -0.05) is 42.1 Å². The van der Waals surface area contributed by atoms with Gasteiger partial charge in [-0.05, 0) is 31.2 Å². The van der Waals surface area contributed by atoms with E-state index < -0.39 is 5.97 Å². The maximum atomic E-state index is 12.4. The van der Waals surface area contributed by atoms with Crippen molar-refractivity contribution < 1.29 is 19.1 Å². The molecule has 31 heavy (non-hydrogen) atoms. The van der Waals surface area contributed by atoms with Crippen molar-refractivity contribution in [2.75, 3.05) is 17.7 Å². The highest BCUT2D eigenvalue weighted by molar-refractivity contribution is 7.99. The zero-order valence-electron chi connectivity index (χ0n) is 16.8. The van der Waals surface area contributed by atoms with E-state index >= 15 is 0 Å². The van der Waals surface area contributed by atoms with Crippen molar-refractivity contribution in [1.29, 1.82) is 0 Å². The predicted octanol–water partition coefficient (Wildman–Crippen LogP) is 3.26. The molecule has 0 aliphatic rings. The fraction of sp³-hybridized carbons (Fsp3) is 0.182. The number of thioether (sulfide) groups is 1. The van der Waals surface area contributed by atoms with Gasteiger partial charge in [0, 0.05) is 6.07 Å². The first kappa shape index (κ1) is 22.1. The van der Waals surface area contributed by atoms with Crippen molar-refractivity contribution in [2.45, 2.75) is 18.7 Å². The van der Waals surface area contributed by atoms with Gasteiger partial charge in [0.1, 0.15) is 12.4 Å². The third-order valence-electron chi connectivity index (χ3n) is 3.94. The zero-order valence-corrected chi connectivity index (χ0v) is 17.6. The van der Waals surface area contributed by atoms with Crippen LogP contribution < -0.4 is 15.6 Å². The van der Waals surface area contributed by atoms with Gasteiger partial charge in [-0.15, -0.1) is 0 Å². The van der Waals surface area contributed by atoms with Crippen LogP contribution in [0.1, 0.15) is 23.0 Å². The number of nitrogens with zero attached hydrogens (tertiary/aromatic N) is 1. The molecule has 2 N–H and O–H groups in total. The first-order valence-electron chi connectivity index (χ1n) is 9.52. The molecule has 0 radical (unpaired) electrons. The van der Waals surface area contributed by atoms with Gasteiger partial charge in [0.25, 0.3) is 5.56 Å². The number of aromatic amines is 1. The first-order chi connectivity index (χ1) is 15.0. The number of H-pyrrole nitrogens is 1. The van der Waals surface area contributed by atoms with Gasteiger partial charge < -0.3 is 19.8 Å². The summed E-state index contributed by atoms with van der Waals surface area (Å²) >= 11 is 1.07. The van der Waals surface area contributed by atoms with Crippen molar-refractivity contribution in [3.05, 3.63) is 82.3 Å². The summed E-state index contributed by atoms with van der Waals surface area (Å²) in [5, 5.41) is 2.99. The number of hydrogen-bond acceptors (Lipinski definition) is 7. The molecule has 0 atom stereocenters. The standard InChI is InChI=1S/C22H21N3O5S/c1-2-29-21(28)17-10-6-7-11-18(17)24-20(27)14-31-22-23-15(12-19(26)25-22)13-30-16-8-4-3-5-9-16/h3-12H,2,13-14H2,1H3,(H,24,27)(H,23,25,26). The van der Waals surface area contributed by atoms with Crippen molar-refractivity contribution in [2.24, 2.45) is 0 Å². The van der Waals surface area contributed by atoms with E-state index in [9.17, 15) is 14.4 Å². The number of aromatic nitrogens is 2. The lowest BCUT2D eigenvalue weighted by atomic mass is 10.2. The van der Waals surface area contributed by atoms with Gasteiger partial charge in [0.05, 0.1) is 29.3 Å². The smallest absolute Gasteiger partial charge is 0.340 e. The van der Waals surface area contributed by atoms with Gasteiger partial charge in [-0.25, -0.2) is 9.78 Å². The molecule has 0 unspecified atom stereocenters. The number of anilines is 1. The van der Waals surface area contributed by atoms with Crippen LogP contribution in [0.3, 0.4) is 0 Å². The Kier molecular flexibility index (Phi) is 7.83. The number of esters is 1. The van der Waals surface area contributed by atoms with Crippen LogP contribution >= 0.6 is 11.8 Å². The molecule has 1 heterocycles. The second-order valence-corrected chi connectivity index (χ2v) is 7.21. The van der Waals surface area contributed by atoms with E-state index in [2.05, 4.69) is 15.3 Å². The van der Waals surface area contributed by atoms with E-state index in [1.54, 1.807) is 43.3 Å². The highest BCUT2D eigenvalue weighted by Crippen LogP contribution is 2.18. The third-order valence-corrected chi connectivity index (χ3v) is 4.81. The monoisotopic (exact) mass is 439 g/mol. The lowest BCUT2D eigenvalue weighted by Crippen LogP contribution is -2.18. The summed E-state index contributed by atoms with van der Waals surface area (Å²) in [6, 6.07) is 17.1. The summed E-state index contributed by atoms with van der Waals surface area (Å²) in [4.78, 5) is 43.2. The predicted molar refractivity (Wildman–Crippen MR) is 117 cm³/mol. The molecule has 0 saturated heterocycles. The summed E-state index contributed by atoms with van der Waals surface area (Å²) in [6.07, 6.45) is 0. The molecule has 1 amide bonds. The summed E-state index contributed by atoms with van der Waals surface area (Å²) in [5.74, 6) is -0.208. The molecule has 0 bridgehead atoms. The molecule has 0 fully saturated rings. The molecule has 0 spiro atoms. The molecule has 3 aromatic rings. The Morgan fingerprint density at radius 1 is 1.10 bits per heavy atom. The molecule has 0 saturated carbocycles. The van der Waals surface area contributed by atoms with Crippen LogP contribution in [-0.4, -0.2) is 34.2 Å². The van der Waals surface area contributed by atoms with Gasteiger partial charge >= 0.3 is 5.97 Å². The molecule has 160 valence electrons. The SMILES string of the molecule is CCOC(=O)c1ccccc1NC(=O)CSc1nc(COc2ccccc2)cc(=O)[nH]1. The van der Waals surface area contributed by atoms with Crippen LogP contribution in [0.4, 0.5) is 5.69 Å². The highest BCUT2D eigenvalue weighted by atomic mass is 32.2. The van der Waals surface area contributed by atoms with Crippen molar-refractivity contribution in [1.82, 2.24) is 9.97 Å². The van der Waals surface area contributed by atoms with Crippen LogP contribution in [0, 0.1) is 0 Å². The van der Waals surface area contributed by atoms with Crippen molar-refractivity contribution in [3.63, 3.8) is 0 Å². The molecule has 3 rings (SSSR count). The van der Waals surface area contributed by atoms with Crippen LogP contribution in [0.2, 0.25) is 0 Å². The molecule has 0 aliphatic heterocycles. The number of rotatable bonds is 9. The largest absolute Gasteiger partial charge is 0.487 e. The second-order valence-electron chi connectivity index (χ2n) is 6.25.